The van der Waals surface area contributed by atoms with E-state index in [1.54, 1.807) is 12.1 Å². The molecule has 112 valence electrons. The van der Waals surface area contributed by atoms with Crippen LogP contribution in [0.4, 0.5) is 0 Å². The number of ether oxygens (including phenoxy) is 1. The van der Waals surface area contributed by atoms with Crippen LogP contribution in [0.5, 0.6) is 5.88 Å². The summed E-state index contributed by atoms with van der Waals surface area (Å²) in [6.45, 7) is 3.94. The van der Waals surface area contributed by atoms with Gasteiger partial charge in [0.05, 0.1) is 27.1 Å². The number of hydrogen-bond acceptors (Lipinski definition) is 3. The number of rotatable bonds is 3. The molecule has 22 heavy (non-hydrogen) atoms. The summed E-state index contributed by atoms with van der Waals surface area (Å²) in [4.78, 5) is 9.14. The third-order valence-electron chi connectivity index (χ3n) is 3.09. The third-order valence-corrected chi connectivity index (χ3v) is 3.83. The zero-order valence-corrected chi connectivity index (χ0v) is 13.7. The van der Waals surface area contributed by atoms with Crippen LogP contribution in [0.15, 0.2) is 42.5 Å². The molecule has 1 aromatic heterocycles. The number of para-hydroxylation sites is 1. The van der Waals surface area contributed by atoms with Gasteiger partial charge in [0.25, 0.3) is 0 Å². The fourth-order valence-electron chi connectivity index (χ4n) is 2.12. The van der Waals surface area contributed by atoms with Crippen molar-refractivity contribution in [1.82, 2.24) is 9.97 Å². The molecule has 0 atom stereocenters. The molecule has 0 saturated heterocycles. The van der Waals surface area contributed by atoms with Gasteiger partial charge in [0.15, 0.2) is 5.82 Å². The number of aromatic nitrogens is 2. The maximum Gasteiger partial charge on any atom is 0.225 e. The molecule has 0 spiro atoms. The molecule has 0 radical (unpaired) electrons. The Balaban J connectivity index is 2.19. The van der Waals surface area contributed by atoms with Gasteiger partial charge < -0.3 is 4.74 Å². The van der Waals surface area contributed by atoms with Crippen molar-refractivity contribution in [3.8, 4) is 17.3 Å². The standard InChI is InChI=1S/C17H14Cl2N2O/c1-10(2)22-17-12-5-3-4-6-15(12)20-16(21-17)11-7-8-13(18)14(19)9-11/h3-10H,1-2H3. The quantitative estimate of drug-likeness (QED) is 0.644. The average Bonchev–Trinajstić information content (AvgIpc) is 2.49. The first-order valence-corrected chi connectivity index (χ1v) is 7.69. The SMILES string of the molecule is CC(C)Oc1nc(-c2ccc(Cl)c(Cl)c2)nc2ccccc12. The van der Waals surface area contributed by atoms with Crippen molar-refractivity contribution >= 4 is 34.1 Å². The Morgan fingerprint density at radius 3 is 2.45 bits per heavy atom. The van der Waals surface area contributed by atoms with Crippen LogP contribution in [-0.2, 0) is 0 Å². The van der Waals surface area contributed by atoms with Gasteiger partial charge in [-0.3, -0.25) is 0 Å². The Morgan fingerprint density at radius 1 is 0.955 bits per heavy atom. The van der Waals surface area contributed by atoms with Crippen molar-refractivity contribution in [3.63, 3.8) is 0 Å². The van der Waals surface area contributed by atoms with Crippen LogP contribution in [0.25, 0.3) is 22.3 Å². The average molecular weight is 333 g/mol. The van der Waals surface area contributed by atoms with E-state index < -0.39 is 0 Å². The molecule has 0 unspecified atom stereocenters. The molecule has 0 aliphatic heterocycles. The number of halogens is 2. The number of benzene rings is 2. The molecule has 0 fully saturated rings. The van der Waals surface area contributed by atoms with Gasteiger partial charge in [-0.05, 0) is 44.2 Å². The van der Waals surface area contributed by atoms with E-state index in [9.17, 15) is 0 Å². The summed E-state index contributed by atoms with van der Waals surface area (Å²) in [5.74, 6) is 1.13. The minimum absolute atomic E-state index is 0.0277. The maximum absolute atomic E-state index is 6.09. The van der Waals surface area contributed by atoms with Crippen LogP contribution in [0.1, 0.15) is 13.8 Å². The van der Waals surface area contributed by atoms with E-state index in [4.69, 9.17) is 27.9 Å². The molecule has 0 N–H and O–H groups in total. The Labute approximate surface area is 138 Å². The molecular weight excluding hydrogens is 319 g/mol. The van der Waals surface area contributed by atoms with Gasteiger partial charge in [-0.15, -0.1) is 0 Å². The lowest BCUT2D eigenvalue weighted by atomic mass is 10.2. The normalized spacial score (nSPS) is 11.1. The predicted octanol–water partition coefficient (Wildman–Crippen LogP) is 5.39. The summed E-state index contributed by atoms with van der Waals surface area (Å²) in [5.41, 5.74) is 1.63. The van der Waals surface area contributed by atoms with E-state index in [1.165, 1.54) is 0 Å². The molecule has 0 saturated carbocycles. The van der Waals surface area contributed by atoms with E-state index in [-0.39, 0.29) is 6.10 Å². The lowest BCUT2D eigenvalue weighted by Gasteiger charge is -2.13. The van der Waals surface area contributed by atoms with E-state index >= 15 is 0 Å². The van der Waals surface area contributed by atoms with E-state index in [0.29, 0.717) is 21.7 Å². The van der Waals surface area contributed by atoms with Gasteiger partial charge in [-0.25, -0.2) is 4.98 Å². The molecule has 2 aromatic carbocycles. The first-order chi connectivity index (χ1) is 10.5. The summed E-state index contributed by atoms with van der Waals surface area (Å²) >= 11 is 12.1. The molecule has 0 amide bonds. The summed E-state index contributed by atoms with van der Waals surface area (Å²) in [6.07, 6.45) is 0.0277. The molecule has 5 heteroatoms. The van der Waals surface area contributed by atoms with Crippen LogP contribution in [0, 0.1) is 0 Å². The Hall–Kier alpha value is -1.84. The van der Waals surface area contributed by atoms with Crippen molar-refractivity contribution < 1.29 is 4.74 Å². The van der Waals surface area contributed by atoms with Gasteiger partial charge in [-0.2, -0.15) is 4.98 Å². The maximum atomic E-state index is 6.09. The van der Waals surface area contributed by atoms with Crippen molar-refractivity contribution in [2.24, 2.45) is 0 Å². The van der Waals surface area contributed by atoms with Gasteiger partial charge >= 0.3 is 0 Å². The van der Waals surface area contributed by atoms with E-state index in [0.717, 1.165) is 16.5 Å². The zero-order chi connectivity index (χ0) is 15.7. The van der Waals surface area contributed by atoms with Gasteiger partial charge in [0, 0.05) is 5.56 Å². The topological polar surface area (TPSA) is 35.0 Å². The van der Waals surface area contributed by atoms with Crippen LogP contribution < -0.4 is 4.74 Å². The van der Waals surface area contributed by atoms with Crippen molar-refractivity contribution in [1.29, 1.82) is 0 Å². The highest BCUT2D eigenvalue weighted by molar-refractivity contribution is 6.42. The fraction of sp³-hybridized carbons (Fsp3) is 0.176. The van der Waals surface area contributed by atoms with Crippen LogP contribution in [0.2, 0.25) is 10.0 Å². The van der Waals surface area contributed by atoms with Crippen molar-refractivity contribution in [2.75, 3.05) is 0 Å². The summed E-state index contributed by atoms with van der Waals surface area (Å²) in [5, 5.41) is 1.87. The predicted molar refractivity (Wildman–Crippen MR) is 90.8 cm³/mol. The monoisotopic (exact) mass is 332 g/mol. The minimum Gasteiger partial charge on any atom is -0.474 e. The molecule has 3 aromatic rings. The number of fused-ring (bicyclic) bond motifs is 1. The molecule has 0 bridgehead atoms. The Morgan fingerprint density at radius 2 is 1.73 bits per heavy atom. The second-order valence-corrected chi connectivity index (χ2v) is 5.98. The van der Waals surface area contributed by atoms with E-state index in [1.807, 2.05) is 44.2 Å². The molecular formula is C17H14Cl2N2O. The summed E-state index contributed by atoms with van der Waals surface area (Å²) in [6, 6.07) is 13.1. The third kappa shape index (κ3) is 3.01. The van der Waals surface area contributed by atoms with Crippen molar-refractivity contribution in [3.05, 3.63) is 52.5 Å². The molecule has 0 aliphatic carbocycles. The second kappa shape index (κ2) is 6.11. The van der Waals surface area contributed by atoms with Crippen LogP contribution >= 0.6 is 23.2 Å². The van der Waals surface area contributed by atoms with Gasteiger partial charge in [-0.1, -0.05) is 35.3 Å². The highest BCUT2D eigenvalue weighted by atomic mass is 35.5. The second-order valence-electron chi connectivity index (χ2n) is 5.17. The lowest BCUT2D eigenvalue weighted by molar-refractivity contribution is 0.236. The smallest absolute Gasteiger partial charge is 0.225 e. The number of hydrogen-bond donors (Lipinski definition) is 0. The van der Waals surface area contributed by atoms with Crippen LogP contribution in [0.3, 0.4) is 0 Å². The Bertz CT molecular complexity index is 834. The lowest BCUT2D eigenvalue weighted by Crippen LogP contribution is -2.08. The summed E-state index contributed by atoms with van der Waals surface area (Å²) in [7, 11) is 0. The zero-order valence-electron chi connectivity index (χ0n) is 12.2. The number of nitrogens with zero attached hydrogens (tertiary/aromatic N) is 2. The largest absolute Gasteiger partial charge is 0.474 e. The first-order valence-electron chi connectivity index (χ1n) is 6.93. The highest BCUT2D eigenvalue weighted by Crippen LogP contribution is 2.30. The minimum atomic E-state index is 0.0277. The highest BCUT2D eigenvalue weighted by Gasteiger charge is 2.12. The Kier molecular flexibility index (Phi) is 4.19. The van der Waals surface area contributed by atoms with Gasteiger partial charge in [0.1, 0.15) is 0 Å². The summed E-state index contributed by atoms with van der Waals surface area (Å²) < 4.78 is 5.83. The molecule has 1 heterocycles. The first kappa shape index (κ1) is 15.1. The molecule has 0 aliphatic rings. The molecule has 3 nitrogen and oxygen atoms in total. The van der Waals surface area contributed by atoms with Gasteiger partial charge in [0.2, 0.25) is 5.88 Å². The fourth-order valence-corrected chi connectivity index (χ4v) is 2.42. The van der Waals surface area contributed by atoms with E-state index in [2.05, 4.69) is 9.97 Å². The van der Waals surface area contributed by atoms with Crippen molar-refractivity contribution in [2.45, 2.75) is 20.0 Å². The molecule has 3 rings (SSSR count). The van der Waals surface area contributed by atoms with Crippen LogP contribution in [-0.4, -0.2) is 16.1 Å².